The molecule has 4 nitrogen and oxygen atoms in total. The number of hydrogen-bond donors (Lipinski definition) is 3. The van der Waals surface area contributed by atoms with Gasteiger partial charge in [-0.15, -0.1) is 0 Å². The molecule has 0 bridgehead atoms. The number of aromatic nitrogens is 1. The SMILES string of the molecule is NC(CO)c1ccc(O)c(Cl)n1. The maximum absolute atomic E-state index is 9.00. The zero-order chi connectivity index (χ0) is 9.14. The van der Waals surface area contributed by atoms with Crippen LogP contribution >= 0.6 is 11.6 Å². The molecule has 1 heterocycles. The minimum atomic E-state index is -0.553. The lowest BCUT2D eigenvalue weighted by atomic mass is 10.2. The van der Waals surface area contributed by atoms with Gasteiger partial charge in [-0.1, -0.05) is 11.6 Å². The van der Waals surface area contributed by atoms with Crippen LogP contribution in [-0.4, -0.2) is 21.8 Å². The molecule has 0 amide bonds. The summed E-state index contributed by atoms with van der Waals surface area (Å²) >= 11 is 5.52. The molecule has 0 aliphatic heterocycles. The van der Waals surface area contributed by atoms with E-state index in [1.54, 1.807) is 0 Å². The highest BCUT2D eigenvalue weighted by Gasteiger charge is 2.08. The van der Waals surface area contributed by atoms with E-state index < -0.39 is 6.04 Å². The van der Waals surface area contributed by atoms with Gasteiger partial charge in [0.1, 0.15) is 0 Å². The Morgan fingerprint density at radius 1 is 1.58 bits per heavy atom. The molecule has 0 saturated carbocycles. The molecule has 0 spiro atoms. The van der Waals surface area contributed by atoms with Gasteiger partial charge >= 0.3 is 0 Å². The first kappa shape index (κ1) is 9.25. The maximum atomic E-state index is 9.00. The molecule has 66 valence electrons. The second kappa shape index (κ2) is 3.71. The van der Waals surface area contributed by atoms with Crippen LogP contribution in [0.2, 0.25) is 5.15 Å². The van der Waals surface area contributed by atoms with Crippen LogP contribution in [0.4, 0.5) is 0 Å². The van der Waals surface area contributed by atoms with Gasteiger partial charge in [0, 0.05) is 0 Å². The molecule has 0 aliphatic rings. The molecule has 1 aromatic heterocycles. The van der Waals surface area contributed by atoms with Crippen LogP contribution < -0.4 is 5.73 Å². The van der Waals surface area contributed by atoms with E-state index in [0.29, 0.717) is 5.69 Å². The number of aliphatic hydroxyl groups excluding tert-OH is 1. The first-order valence-corrected chi connectivity index (χ1v) is 3.74. The zero-order valence-corrected chi connectivity index (χ0v) is 6.99. The van der Waals surface area contributed by atoms with Crippen LogP contribution in [0, 0.1) is 0 Å². The molecular formula is C7H9ClN2O2. The molecule has 0 radical (unpaired) electrons. The topological polar surface area (TPSA) is 79.4 Å². The van der Waals surface area contributed by atoms with Gasteiger partial charge in [0.25, 0.3) is 0 Å². The molecule has 0 aromatic carbocycles. The van der Waals surface area contributed by atoms with Crippen LogP contribution in [0.3, 0.4) is 0 Å². The van der Waals surface area contributed by atoms with Crippen LogP contribution in [0.1, 0.15) is 11.7 Å². The van der Waals surface area contributed by atoms with E-state index in [1.807, 2.05) is 0 Å². The number of halogens is 1. The second-order valence-electron chi connectivity index (χ2n) is 2.34. The van der Waals surface area contributed by atoms with Crippen LogP contribution in [0.25, 0.3) is 0 Å². The highest BCUT2D eigenvalue weighted by molar-refractivity contribution is 6.30. The molecule has 0 saturated heterocycles. The highest BCUT2D eigenvalue weighted by atomic mass is 35.5. The molecule has 4 N–H and O–H groups in total. The third-order valence-electron chi connectivity index (χ3n) is 1.43. The average Bonchev–Trinajstić information content (AvgIpc) is 2.08. The summed E-state index contributed by atoms with van der Waals surface area (Å²) in [4.78, 5) is 3.77. The summed E-state index contributed by atoms with van der Waals surface area (Å²) in [6.45, 7) is -0.200. The van der Waals surface area contributed by atoms with Crippen molar-refractivity contribution in [2.24, 2.45) is 5.73 Å². The fourth-order valence-corrected chi connectivity index (χ4v) is 0.902. The molecule has 12 heavy (non-hydrogen) atoms. The molecule has 1 unspecified atom stereocenters. The van der Waals surface area contributed by atoms with Crippen molar-refractivity contribution in [2.75, 3.05) is 6.61 Å². The fourth-order valence-electron chi connectivity index (χ4n) is 0.741. The van der Waals surface area contributed by atoms with E-state index in [2.05, 4.69) is 4.98 Å². The summed E-state index contributed by atoms with van der Waals surface area (Å²) in [6.07, 6.45) is 0. The molecule has 5 heteroatoms. The molecular weight excluding hydrogens is 180 g/mol. The summed E-state index contributed by atoms with van der Waals surface area (Å²) < 4.78 is 0. The zero-order valence-electron chi connectivity index (χ0n) is 6.24. The summed E-state index contributed by atoms with van der Waals surface area (Å²) in [7, 11) is 0. The predicted molar refractivity (Wildman–Crippen MR) is 44.9 cm³/mol. The molecule has 1 aromatic rings. The molecule has 0 fully saturated rings. The first-order valence-electron chi connectivity index (χ1n) is 3.37. The van der Waals surface area contributed by atoms with Crippen molar-refractivity contribution in [2.45, 2.75) is 6.04 Å². The Morgan fingerprint density at radius 3 is 2.75 bits per heavy atom. The minimum Gasteiger partial charge on any atom is -0.505 e. The van der Waals surface area contributed by atoms with Gasteiger partial charge in [0.2, 0.25) is 0 Å². The quantitative estimate of drug-likeness (QED) is 0.589. The number of aliphatic hydroxyl groups is 1. The standard InChI is InChI=1S/C7H9ClN2O2/c8-7-6(12)2-1-5(10-7)4(9)3-11/h1-2,4,11-12H,3,9H2. The van der Waals surface area contributed by atoms with E-state index in [9.17, 15) is 0 Å². The Balaban J connectivity index is 2.96. The Kier molecular flexibility index (Phi) is 2.86. The predicted octanol–water partition coefficient (Wildman–Crippen LogP) is 0.433. The van der Waals surface area contributed by atoms with Crippen molar-refractivity contribution in [3.63, 3.8) is 0 Å². The highest BCUT2D eigenvalue weighted by Crippen LogP contribution is 2.21. The van der Waals surface area contributed by atoms with Crippen molar-refractivity contribution in [1.29, 1.82) is 0 Å². The summed E-state index contributed by atoms with van der Waals surface area (Å²) in [5.74, 6) is -0.0921. The van der Waals surface area contributed by atoms with E-state index >= 15 is 0 Å². The lowest BCUT2D eigenvalue weighted by Crippen LogP contribution is -2.15. The Hall–Kier alpha value is -0.840. The number of pyridine rings is 1. The van der Waals surface area contributed by atoms with Crippen LogP contribution in [0.5, 0.6) is 5.75 Å². The summed E-state index contributed by atoms with van der Waals surface area (Å²) in [5.41, 5.74) is 5.92. The maximum Gasteiger partial charge on any atom is 0.171 e. The number of aromatic hydroxyl groups is 1. The van der Waals surface area contributed by atoms with Crippen molar-refractivity contribution in [3.05, 3.63) is 23.0 Å². The van der Waals surface area contributed by atoms with Crippen molar-refractivity contribution in [3.8, 4) is 5.75 Å². The molecule has 1 rings (SSSR count). The van der Waals surface area contributed by atoms with E-state index in [-0.39, 0.29) is 17.5 Å². The lowest BCUT2D eigenvalue weighted by Gasteiger charge is -2.07. The van der Waals surface area contributed by atoms with Crippen LogP contribution in [0.15, 0.2) is 12.1 Å². The third kappa shape index (κ3) is 1.85. The lowest BCUT2D eigenvalue weighted by molar-refractivity contribution is 0.265. The monoisotopic (exact) mass is 188 g/mol. The van der Waals surface area contributed by atoms with Gasteiger partial charge in [-0.05, 0) is 12.1 Å². The molecule has 1 atom stereocenters. The largest absolute Gasteiger partial charge is 0.505 e. The summed E-state index contributed by atoms with van der Waals surface area (Å²) in [6, 6.07) is 2.35. The Bertz CT molecular complexity index is 280. The normalized spacial score (nSPS) is 12.9. The average molecular weight is 189 g/mol. The van der Waals surface area contributed by atoms with E-state index in [0.717, 1.165) is 0 Å². The number of hydrogen-bond acceptors (Lipinski definition) is 4. The van der Waals surface area contributed by atoms with Crippen molar-refractivity contribution in [1.82, 2.24) is 4.98 Å². The van der Waals surface area contributed by atoms with Crippen molar-refractivity contribution >= 4 is 11.6 Å². The smallest absolute Gasteiger partial charge is 0.171 e. The Morgan fingerprint density at radius 2 is 2.25 bits per heavy atom. The van der Waals surface area contributed by atoms with Gasteiger partial charge < -0.3 is 15.9 Å². The number of nitrogens with two attached hydrogens (primary N) is 1. The van der Waals surface area contributed by atoms with Gasteiger partial charge in [-0.2, -0.15) is 0 Å². The van der Waals surface area contributed by atoms with Gasteiger partial charge in [-0.3, -0.25) is 0 Å². The fraction of sp³-hybridized carbons (Fsp3) is 0.286. The third-order valence-corrected chi connectivity index (χ3v) is 1.71. The van der Waals surface area contributed by atoms with Gasteiger partial charge in [-0.25, -0.2) is 4.98 Å². The number of rotatable bonds is 2. The van der Waals surface area contributed by atoms with E-state index in [4.69, 9.17) is 27.5 Å². The second-order valence-corrected chi connectivity index (χ2v) is 2.69. The van der Waals surface area contributed by atoms with Crippen molar-refractivity contribution < 1.29 is 10.2 Å². The van der Waals surface area contributed by atoms with Gasteiger partial charge in [0.05, 0.1) is 18.3 Å². The van der Waals surface area contributed by atoms with Gasteiger partial charge in [0.15, 0.2) is 10.9 Å². The number of nitrogens with zero attached hydrogens (tertiary/aromatic N) is 1. The van der Waals surface area contributed by atoms with E-state index in [1.165, 1.54) is 12.1 Å². The minimum absolute atomic E-state index is 0.00333. The molecule has 0 aliphatic carbocycles. The Labute approximate surface area is 74.6 Å². The summed E-state index contributed by atoms with van der Waals surface area (Å²) in [5, 5.41) is 17.7. The first-order chi connectivity index (χ1) is 5.65. The van der Waals surface area contributed by atoms with Crippen LogP contribution in [-0.2, 0) is 0 Å².